The number of aryl methyl sites for hydroxylation is 1. The molecule has 0 radical (unpaired) electrons. The van der Waals surface area contributed by atoms with E-state index < -0.39 is 12.0 Å². The van der Waals surface area contributed by atoms with Crippen molar-refractivity contribution in [2.75, 3.05) is 5.75 Å². The highest BCUT2D eigenvalue weighted by atomic mass is 32.2. The van der Waals surface area contributed by atoms with Crippen LogP contribution < -0.4 is 5.32 Å². The molecule has 0 aromatic carbocycles. The molecule has 1 aromatic rings. The van der Waals surface area contributed by atoms with Gasteiger partial charge in [0.1, 0.15) is 11.9 Å². The Balaban J connectivity index is 3.00. The minimum Gasteiger partial charge on any atom is -0.481 e. The van der Waals surface area contributed by atoms with E-state index in [0.29, 0.717) is 17.4 Å². The van der Waals surface area contributed by atoms with Gasteiger partial charge in [-0.25, -0.2) is 0 Å². The molecular weight excluding hydrogens is 292 g/mol. The molecule has 8 heteroatoms. The van der Waals surface area contributed by atoms with Crippen LogP contribution in [0.25, 0.3) is 0 Å². The van der Waals surface area contributed by atoms with E-state index in [-0.39, 0.29) is 17.2 Å². The van der Waals surface area contributed by atoms with Crippen LogP contribution in [0.5, 0.6) is 0 Å². The van der Waals surface area contributed by atoms with Gasteiger partial charge >= 0.3 is 5.97 Å². The summed E-state index contributed by atoms with van der Waals surface area (Å²) in [4.78, 5) is 23.0. The molecule has 1 atom stereocenters. The largest absolute Gasteiger partial charge is 0.481 e. The lowest BCUT2D eigenvalue weighted by Gasteiger charge is -2.24. The Morgan fingerprint density at radius 1 is 1.38 bits per heavy atom. The van der Waals surface area contributed by atoms with Crippen molar-refractivity contribution in [3.8, 4) is 0 Å². The molecule has 1 rings (SSSR count). The maximum Gasteiger partial charge on any atom is 0.313 e. The molecule has 0 aliphatic heterocycles. The van der Waals surface area contributed by atoms with Crippen molar-refractivity contribution < 1.29 is 14.7 Å². The number of carbonyl (C=O) groups excluding carboxylic acids is 1. The molecule has 1 heterocycles. The molecule has 0 fully saturated rings. The normalized spacial score (nSPS) is 13.0. The van der Waals surface area contributed by atoms with E-state index in [9.17, 15) is 9.59 Å². The lowest BCUT2D eigenvalue weighted by molar-refractivity contribution is -0.134. The SMILES string of the molecule is CCc1nnc(SCC(=O)O)n1C(C)C(=O)NC(C)(C)C. The highest BCUT2D eigenvalue weighted by Crippen LogP contribution is 2.22. The monoisotopic (exact) mass is 314 g/mol. The number of hydrogen-bond acceptors (Lipinski definition) is 5. The second-order valence-corrected chi connectivity index (χ2v) is 6.66. The molecule has 0 saturated carbocycles. The second-order valence-electron chi connectivity index (χ2n) is 5.72. The Bertz CT molecular complexity index is 522. The smallest absolute Gasteiger partial charge is 0.313 e. The zero-order valence-electron chi connectivity index (χ0n) is 13.0. The van der Waals surface area contributed by atoms with E-state index in [1.165, 1.54) is 0 Å². The molecule has 1 amide bonds. The van der Waals surface area contributed by atoms with Crippen molar-refractivity contribution in [3.63, 3.8) is 0 Å². The van der Waals surface area contributed by atoms with Crippen molar-refractivity contribution >= 4 is 23.6 Å². The number of thioether (sulfide) groups is 1. The fourth-order valence-corrected chi connectivity index (χ4v) is 2.51. The van der Waals surface area contributed by atoms with Crippen LogP contribution in [0, 0.1) is 0 Å². The highest BCUT2D eigenvalue weighted by Gasteiger charge is 2.25. The predicted octanol–water partition coefficient (Wildman–Crippen LogP) is 1.49. The third kappa shape index (κ3) is 5.04. The van der Waals surface area contributed by atoms with Gasteiger partial charge in [0.2, 0.25) is 5.91 Å². The summed E-state index contributed by atoms with van der Waals surface area (Å²) < 4.78 is 1.70. The summed E-state index contributed by atoms with van der Waals surface area (Å²) in [5.74, 6) is -0.525. The van der Waals surface area contributed by atoms with Gasteiger partial charge in [-0.3, -0.25) is 14.2 Å². The van der Waals surface area contributed by atoms with Crippen LogP contribution in [-0.2, 0) is 16.0 Å². The number of carboxylic acid groups (broad SMARTS) is 1. The first kappa shape index (κ1) is 17.5. The molecule has 7 nitrogen and oxygen atoms in total. The topological polar surface area (TPSA) is 97.1 Å². The standard InChI is InChI=1S/C13H22N4O3S/c1-6-9-15-16-12(21-7-10(18)19)17(9)8(2)11(20)14-13(3,4)5/h8H,6-7H2,1-5H3,(H,14,20)(H,18,19). The average molecular weight is 314 g/mol. The van der Waals surface area contributed by atoms with Crippen LogP contribution >= 0.6 is 11.8 Å². The Labute approximate surface area is 128 Å². The molecule has 0 spiro atoms. The van der Waals surface area contributed by atoms with Crippen molar-refractivity contribution in [1.29, 1.82) is 0 Å². The predicted molar refractivity (Wildman–Crippen MR) is 80.4 cm³/mol. The minimum absolute atomic E-state index is 0.116. The Morgan fingerprint density at radius 2 is 2.00 bits per heavy atom. The van der Waals surface area contributed by atoms with Crippen molar-refractivity contribution in [2.45, 2.75) is 57.8 Å². The van der Waals surface area contributed by atoms with Gasteiger partial charge in [0.25, 0.3) is 0 Å². The Hall–Kier alpha value is -1.57. The number of nitrogens with one attached hydrogen (secondary N) is 1. The third-order valence-electron chi connectivity index (χ3n) is 2.64. The maximum atomic E-state index is 12.3. The van der Waals surface area contributed by atoms with Gasteiger partial charge in [-0.05, 0) is 27.7 Å². The lowest BCUT2D eigenvalue weighted by atomic mass is 10.1. The Morgan fingerprint density at radius 3 is 2.48 bits per heavy atom. The van der Waals surface area contributed by atoms with Crippen LogP contribution in [0.4, 0.5) is 0 Å². The van der Waals surface area contributed by atoms with Crippen molar-refractivity contribution in [2.24, 2.45) is 0 Å². The summed E-state index contributed by atoms with van der Waals surface area (Å²) in [7, 11) is 0. The van der Waals surface area contributed by atoms with Crippen LogP contribution in [0.1, 0.15) is 46.5 Å². The molecular formula is C13H22N4O3S. The number of amides is 1. The molecule has 2 N–H and O–H groups in total. The zero-order chi connectivity index (χ0) is 16.2. The molecule has 118 valence electrons. The van der Waals surface area contributed by atoms with Gasteiger partial charge in [-0.2, -0.15) is 0 Å². The minimum atomic E-state index is -0.931. The number of hydrogen-bond donors (Lipinski definition) is 2. The van der Waals surface area contributed by atoms with E-state index in [1.54, 1.807) is 11.5 Å². The second kappa shape index (κ2) is 6.93. The lowest BCUT2D eigenvalue weighted by Crippen LogP contribution is -2.44. The zero-order valence-corrected chi connectivity index (χ0v) is 13.8. The van der Waals surface area contributed by atoms with Crippen molar-refractivity contribution in [3.05, 3.63) is 5.82 Å². The number of nitrogens with zero attached hydrogens (tertiary/aromatic N) is 3. The molecule has 21 heavy (non-hydrogen) atoms. The molecule has 0 aliphatic rings. The number of carbonyl (C=O) groups is 2. The highest BCUT2D eigenvalue weighted by molar-refractivity contribution is 7.99. The van der Waals surface area contributed by atoms with Gasteiger partial charge in [0, 0.05) is 12.0 Å². The first-order chi connectivity index (χ1) is 9.65. The van der Waals surface area contributed by atoms with Crippen LogP contribution in [-0.4, -0.2) is 43.0 Å². The van der Waals surface area contributed by atoms with Gasteiger partial charge in [0.05, 0.1) is 5.75 Å². The van der Waals surface area contributed by atoms with E-state index in [4.69, 9.17) is 5.11 Å². The summed E-state index contributed by atoms with van der Waals surface area (Å²) in [5.41, 5.74) is -0.333. The number of aromatic nitrogens is 3. The first-order valence-corrected chi connectivity index (χ1v) is 7.74. The van der Waals surface area contributed by atoms with Gasteiger partial charge < -0.3 is 10.4 Å². The fraction of sp³-hybridized carbons (Fsp3) is 0.692. The quantitative estimate of drug-likeness (QED) is 0.772. The van der Waals surface area contributed by atoms with E-state index in [1.807, 2.05) is 27.7 Å². The van der Waals surface area contributed by atoms with Crippen LogP contribution in [0.2, 0.25) is 0 Å². The number of carboxylic acids is 1. The molecule has 0 saturated heterocycles. The number of rotatable bonds is 6. The molecule has 1 aromatic heterocycles. The summed E-state index contributed by atoms with van der Waals surface area (Å²) in [6, 6.07) is -0.495. The molecule has 1 unspecified atom stereocenters. The fourth-order valence-electron chi connectivity index (χ4n) is 1.75. The summed E-state index contributed by atoms with van der Waals surface area (Å²) in [5, 5.41) is 20.2. The van der Waals surface area contributed by atoms with E-state index >= 15 is 0 Å². The maximum absolute atomic E-state index is 12.3. The summed E-state index contributed by atoms with van der Waals surface area (Å²) in [6.45, 7) is 9.40. The molecule has 0 bridgehead atoms. The Kier molecular flexibility index (Phi) is 5.77. The molecule has 0 aliphatic carbocycles. The summed E-state index contributed by atoms with van der Waals surface area (Å²) >= 11 is 1.06. The van der Waals surface area contributed by atoms with Gasteiger partial charge in [-0.15, -0.1) is 10.2 Å². The first-order valence-electron chi connectivity index (χ1n) is 6.76. The van der Waals surface area contributed by atoms with E-state index in [2.05, 4.69) is 15.5 Å². The van der Waals surface area contributed by atoms with Crippen molar-refractivity contribution in [1.82, 2.24) is 20.1 Å². The third-order valence-corrected chi connectivity index (χ3v) is 3.57. The van der Waals surface area contributed by atoms with Crippen LogP contribution in [0.3, 0.4) is 0 Å². The average Bonchev–Trinajstić information content (AvgIpc) is 2.76. The van der Waals surface area contributed by atoms with E-state index in [0.717, 1.165) is 11.8 Å². The van der Waals surface area contributed by atoms with Crippen LogP contribution in [0.15, 0.2) is 5.16 Å². The number of aliphatic carboxylic acids is 1. The van der Waals surface area contributed by atoms with Gasteiger partial charge in [-0.1, -0.05) is 18.7 Å². The summed E-state index contributed by atoms with van der Waals surface area (Å²) in [6.07, 6.45) is 0.619. The van der Waals surface area contributed by atoms with Gasteiger partial charge in [0.15, 0.2) is 5.16 Å².